The number of carbonyl (C=O) groups is 2. The zero-order valence-corrected chi connectivity index (χ0v) is 14.7. The summed E-state index contributed by atoms with van der Waals surface area (Å²) in [7, 11) is 0. The Labute approximate surface area is 147 Å². The molecule has 1 atom stereocenters. The van der Waals surface area contributed by atoms with E-state index in [0.717, 1.165) is 11.1 Å². The second-order valence-electron chi connectivity index (χ2n) is 6.23. The average Bonchev–Trinajstić information content (AvgIpc) is 2.55. The SMILES string of the molecule is CC(=O)NC(CC(=O)NCc1ccc(C)c(F)c1)c1ccc(C)cc1. The Morgan fingerprint density at radius 2 is 1.76 bits per heavy atom. The molecule has 2 aromatic rings. The van der Waals surface area contributed by atoms with Crippen molar-refractivity contribution in [1.82, 2.24) is 10.6 Å². The summed E-state index contributed by atoms with van der Waals surface area (Å²) in [6, 6.07) is 12.2. The van der Waals surface area contributed by atoms with Gasteiger partial charge in [0.1, 0.15) is 5.82 Å². The minimum absolute atomic E-state index is 0.122. The molecule has 0 spiro atoms. The van der Waals surface area contributed by atoms with Gasteiger partial charge in [-0.25, -0.2) is 4.39 Å². The lowest BCUT2D eigenvalue weighted by Gasteiger charge is -2.18. The van der Waals surface area contributed by atoms with Crippen molar-refractivity contribution in [1.29, 1.82) is 0 Å². The van der Waals surface area contributed by atoms with Gasteiger partial charge in [0.2, 0.25) is 11.8 Å². The Morgan fingerprint density at radius 1 is 1.08 bits per heavy atom. The van der Waals surface area contributed by atoms with E-state index < -0.39 is 6.04 Å². The van der Waals surface area contributed by atoms with Crippen molar-refractivity contribution in [2.75, 3.05) is 0 Å². The summed E-state index contributed by atoms with van der Waals surface area (Å²) in [4.78, 5) is 23.7. The topological polar surface area (TPSA) is 58.2 Å². The lowest BCUT2D eigenvalue weighted by Crippen LogP contribution is -2.32. The summed E-state index contributed by atoms with van der Waals surface area (Å²) >= 11 is 0. The van der Waals surface area contributed by atoms with Crippen LogP contribution < -0.4 is 10.6 Å². The van der Waals surface area contributed by atoms with E-state index in [9.17, 15) is 14.0 Å². The first-order valence-electron chi connectivity index (χ1n) is 8.20. The van der Waals surface area contributed by atoms with Crippen LogP contribution >= 0.6 is 0 Å². The van der Waals surface area contributed by atoms with Crippen LogP contribution in [-0.4, -0.2) is 11.8 Å². The zero-order chi connectivity index (χ0) is 18.4. The molecule has 0 heterocycles. The van der Waals surface area contributed by atoms with Crippen molar-refractivity contribution >= 4 is 11.8 Å². The molecule has 132 valence electrons. The van der Waals surface area contributed by atoms with Crippen molar-refractivity contribution in [3.8, 4) is 0 Å². The molecule has 0 bridgehead atoms. The van der Waals surface area contributed by atoms with E-state index in [0.29, 0.717) is 11.1 Å². The second-order valence-corrected chi connectivity index (χ2v) is 6.23. The van der Waals surface area contributed by atoms with E-state index in [2.05, 4.69) is 10.6 Å². The minimum atomic E-state index is -0.396. The molecule has 0 radical (unpaired) electrons. The third-order valence-corrected chi connectivity index (χ3v) is 3.97. The molecule has 2 N–H and O–H groups in total. The van der Waals surface area contributed by atoms with Crippen LogP contribution in [0.1, 0.15) is 41.6 Å². The van der Waals surface area contributed by atoms with Gasteiger partial charge in [-0.1, -0.05) is 42.0 Å². The number of halogens is 1. The number of nitrogens with one attached hydrogen (secondary N) is 2. The van der Waals surface area contributed by atoms with Crippen LogP contribution in [0.2, 0.25) is 0 Å². The number of carbonyl (C=O) groups excluding carboxylic acids is 2. The maximum absolute atomic E-state index is 13.6. The van der Waals surface area contributed by atoms with Crippen LogP contribution in [0.3, 0.4) is 0 Å². The van der Waals surface area contributed by atoms with E-state index in [-0.39, 0.29) is 30.6 Å². The molecule has 5 heteroatoms. The van der Waals surface area contributed by atoms with Gasteiger partial charge in [0, 0.05) is 13.5 Å². The first kappa shape index (κ1) is 18.6. The highest BCUT2D eigenvalue weighted by Gasteiger charge is 2.17. The fourth-order valence-corrected chi connectivity index (χ4v) is 2.50. The van der Waals surface area contributed by atoms with Gasteiger partial charge in [0.15, 0.2) is 0 Å². The van der Waals surface area contributed by atoms with Crippen LogP contribution in [-0.2, 0) is 16.1 Å². The molecule has 2 amide bonds. The van der Waals surface area contributed by atoms with Gasteiger partial charge in [-0.05, 0) is 36.6 Å². The maximum Gasteiger partial charge on any atom is 0.222 e. The van der Waals surface area contributed by atoms with Gasteiger partial charge in [-0.2, -0.15) is 0 Å². The summed E-state index contributed by atoms with van der Waals surface area (Å²) in [6.07, 6.45) is 0.122. The summed E-state index contributed by atoms with van der Waals surface area (Å²) in [5.41, 5.74) is 3.25. The molecule has 0 aliphatic carbocycles. The van der Waals surface area contributed by atoms with Gasteiger partial charge in [0.05, 0.1) is 12.5 Å². The lowest BCUT2D eigenvalue weighted by atomic mass is 10.0. The third-order valence-electron chi connectivity index (χ3n) is 3.97. The number of aryl methyl sites for hydroxylation is 2. The molecule has 0 saturated heterocycles. The fraction of sp³-hybridized carbons (Fsp3) is 0.300. The van der Waals surface area contributed by atoms with E-state index >= 15 is 0 Å². The molecule has 0 fully saturated rings. The van der Waals surface area contributed by atoms with Gasteiger partial charge in [-0.15, -0.1) is 0 Å². The van der Waals surface area contributed by atoms with E-state index in [4.69, 9.17) is 0 Å². The van der Waals surface area contributed by atoms with Crippen molar-refractivity contribution in [2.45, 2.75) is 39.8 Å². The van der Waals surface area contributed by atoms with Crippen LogP contribution in [0.4, 0.5) is 4.39 Å². The van der Waals surface area contributed by atoms with Crippen molar-refractivity contribution in [2.24, 2.45) is 0 Å². The normalized spacial score (nSPS) is 11.7. The molecule has 0 saturated carbocycles. The summed E-state index contributed by atoms with van der Waals surface area (Å²) < 4.78 is 13.6. The third kappa shape index (κ3) is 5.71. The Kier molecular flexibility index (Phi) is 6.28. The van der Waals surface area contributed by atoms with Gasteiger partial charge in [0.25, 0.3) is 0 Å². The average molecular weight is 342 g/mol. The monoisotopic (exact) mass is 342 g/mol. The van der Waals surface area contributed by atoms with E-state index in [1.807, 2.05) is 31.2 Å². The molecule has 4 nitrogen and oxygen atoms in total. The zero-order valence-electron chi connectivity index (χ0n) is 14.7. The van der Waals surface area contributed by atoms with Crippen molar-refractivity contribution in [3.63, 3.8) is 0 Å². The molecule has 1 unspecified atom stereocenters. The molecular weight excluding hydrogens is 319 g/mol. The number of hydrogen-bond acceptors (Lipinski definition) is 2. The Bertz CT molecular complexity index is 757. The molecule has 2 rings (SSSR count). The lowest BCUT2D eigenvalue weighted by molar-refractivity contribution is -0.122. The fourth-order valence-electron chi connectivity index (χ4n) is 2.50. The molecule has 0 aliphatic heterocycles. The van der Waals surface area contributed by atoms with E-state index in [1.165, 1.54) is 13.0 Å². The Balaban J connectivity index is 1.99. The maximum atomic E-state index is 13.6. The largest absolute Gasteiger partial charge is 0.352 e. The quantitative estimate of drug-likeness (QED) is 0.846. The molecule has 0 aliphatic rings. The van der Waals surface area contributed by atoms with Crippen LogP contribution in [0, 0.1) is 19.7 Å². The first-order valence-corrected chi connectivity index (χ1v) is 8.20. The standard InChI is InChI=1S/C20H23FN2O2/c1-13-4-8-17(9-5-13)19(23-15(3)24)11-20(25)22-12-16-7-6-14(2)18(21)10-16/h4-10,19H,11-12H2,1-3H3,(H,22,25)(H,23,24). The Hall–Kier alpha value is -2.69. The Morgan fingerprint density at radius 3 is 2.36 bits per heavy atom. The number of benzene rings is 2. The summed E-state index contributed by atoms with van der Waals surface area (Å²) in [6.45, 7) is 5.34. The molecule has 0 aromatic heterocycles. The smallest absolute Gasteiger partial charge is 0.222 e. The minimum Gasteiger partial charge on any atom is -0.352 e. The predicted octanol–water partition coefficient (Wildman–Crippen LogP) is 3.33. The highest BCUT2D eigenvalue weighted by atomic mass is 19.1. The summed E-state index contributed by atoms with van der Waals surface area (Å²) in [5.74, 6) is -0.693. The number of amides is 2. The first-order chi connectivity index (χ1) is 11.8. The summed E-state index contributed by atoms with van der Waals surface area (Å²) in [5, 5.41) is 5.58. The predicted molar refractivity (Wildman–Crippen MR) is 95.3 cm³/mol. The van der Waals surface area contributed by atoms with Crippen LogP contribution in [0.25, 0.3) is 0 Å². The molecule has 2 aromatic carbocycles. The second kappa shape index (κ2) is 8.42. The van der Waals surface area contributed by atoms with Crippen LogP contribution in [0.5, 0.6) is 0 Å². The van der Waals surface area contributed by atoms with Gasteiger partial charge < -0.3 is 10.6 Å². The van der Waals surface area contributed by atoms with Crippen LogP contribution in [0.15, 0.2) is 42.5 Å². The van der Waals surface area contributed by atoms with Crippen molar-refractivity contribution in [3.05, 3.63) is 70.5 Å². The highest BCUT2D eigenvalue weighted by molar-refractivity contribution is 5.79. The molecule has 25 heavy (non-hydrogen) atoms. The number of hydrogen-bond donors (Lipinski definition) is 2. The van der Waals surface area contributed by atoms with Gasteiger partial charge >= 0.3 is 0 Å². The van der Waals surface area contributed by atoms with E-state index in [1.54, 1.807) is 19.1 Å². The van der Waals surface area contributed by atoms with Crippen molar-refractivity contribution < 1.29 is 14.0 Å². The highest BCUT2D eigenvalue weighted by Crippen LogP contribution is 2.18. The molecular formula is C20H23FN2O2. The number of rotatable bonds is 6. The van der Waals surface area contributed by atoms with Gasteiger partial charge in [-0.3, -0.25) is 9.59 Å².